The molecule has 5 amide bonds. The molecule has 5 N–H and O–H groups in total. The van der Waals surface area contributed by atoms with Gasteiger partial charge in [0.25, 0.3) is 11.5 Å². The summed E-state index contributed by atoms with van der Waals surface area (Å²) >= 11 is 0. The number of aryl methyl sites for hydroxylation is 3. The largest absolute Gasteiger partial charge is 0.496 e. The van der Waals surface area contributed by atoms with E-state index in [0.29, 0.717) is 59.5 Å². The van der Waals surface area contributed by atoms with Crippen molar-refractivity contribution in [1.82, 2.24) is 35.2 Å². The number of methoxy groups -OCH3 is 1. The van der Waals surface area contributed by atoms with Gasteiger partial charge in [0.1, 0.15) is 23.1 Å². The summed E-state index contributed by atoms with van der Waals surface area (Å²) in [5.74, 6) is -0.587. The van der Waals surface area contributed by atoms with Crippen LogP contribution in [0.4, 0.5) is 0 Å². The number of nitrogens with zero attached hydrogens (tertiary/aromatic N) is 4. The van der Waals surface area contributed by atoms with Crippen molar-refractivity contribution in [3.05, 3.63) is 75.3 Å². The Bertz CT molecular complexity index is 2380. The standard InChI is InChI=1S/C43H54N8O8/c1-42(2,23-46-36(53)13-11-25-9-8-10-27-31(25)21-51(40(27)56)32-12-14-37(54)48-39(32)55)22-43(3,4)24-59-34-16-26(15-33(58-7)29(34)17-45-19-35(44)52)30-20-49(5)41(57)38-28(30)18-47-50(38)6/h8-10,15-16,18,20,32,45H,11-14,17,19,21-24H2,1-7H3,(H2,44,52)(H,46,53)(H,48,54,55). The lowest BCUT2D eigenvalue weighted by Gasteiger charge is -2.35. The number of ether oxygens (including phenoxy) is 2. The van der Waals surface area contributed by atoms with Crippen molar-refractivity contribution < 1.29 is 33.4 Å². The van der Waals surface area contributed by atoms with Crippen LogP contribution in [0.1, 0.15) is 80.4 Å². The summed E-state index contributed by atoms with van der Waals surface area (Å²) in [5.41, 5.74) is 9.45. The smallest absolute Gasteiger partial charge is 0.276 e. The van der Waals surface area contributed by atoms with E-state index in [1.54, 1.807) is 50.4 Å². The van der Waals surface area contributed by atoms with Crippen LogP contribution < -0.4 is 36.7 Å². The van der Waals surface area contributed by atoms with E-state index in [4.69, 9.17) is 15.2 Å². The van der Waals surface area contributed by atoms with E-state index in [2.05, 4.69) is 48.7 Å². The van der Waals surface area contributed by atoms with Crippen LogP contribution in [0.5, 0.6) is 11.5 Å². The van der Waals surface area contributed by atoms with E-state index in [9.17, 15) is 28.8 Å². The van der Waals surface area contributed by atoms with Gasteiger partial charge in [-0.1, -0.05) is 39.8 Å². The van der Waals surface area contributed by atoms with Crippen LogP contribution in [0.3, 0.4) is 0 Å². The number of fused-ring (bicyclic) bond motifs is 2. The maximum absolute atomic E-state index is 13.3. The molecule has 0 bridgehead atoms. The second-order valence-electron chi connectivity index (χ2n) is 17.1. The Morgan fingerprint density at radius 1 is 1.03 bits per heavy atom. The molecule has 0 spiro atoms. The second kappa shape index (κ2) is 17.1. The molecule has 2 aromatic carbocycles. The molecule has 2 aliphatic heterocycles. The van der Waals surface area contributed by atoms with Gasteiger partial charge in [-0.3, -0.25) is 38.8 Å². The van der Waals surface area contributed by atoms with Gasteiger partial charge in [-0.05, 0) is 65.0 Å². The van der Waals surface area contributed by atoms with Gasteiger partial charge >= 0.3 is 0 Å². The third-order valence-corrected chi connectivity index (χ3v) is 11.0. The number of hydrogen-bond donors (Lipinski definition) is 4. The summed E-state index contributed by atoms with van der Waals surface area (Å²) in [5, 5.41) is 13.5. The average Bonchev–Trinajstić information content (AvgIpc) is 3.73. The summed E-state index contributed by atoms with van der Waals surface area (Å²) in [6, 6.07) is 8.52. The molecule has 2 aliphatic rings. The number of pyridine rings is 1. The van der Waals surface area contributed by atoms with Gasteiger partial charge in [-0.2, -0.15) is 5.10 Å². The number of nitrogens with two attached hydrogens (primary N) is 1. The van der Waals surface area contributed by atoms with E-state index in [-0.39, 0.29) is 73.0 Å². The zero-order valence-electron chi connectivity index (χ0n) is 34.8. The predicted octanol–water partition coefficient (Wildman–Crippen LogP) is 2.85. The Kier molecular flexibility index (Phi) is 12.3. The quantitative estimate of drug-likeness (QED) is 0.115. The molecule has 314 valence electrons. The van der Waals surface area contributed by atoms with Crippen LogP contribution in [0, 0.1) is 10.8 Å². The summed E-state index contributed by atoms with van der Waals surface area (Å²) in [7, 11) is 4.98. The number of imide groups is 1. The fraction of sp³-hybridized carbons (Fsp3) is 0.465. The minimum absolute atomic E-state index is 0.0385. The zero-order chi connectivity index (χ0) is 42.8. The molecular weight excluding hydrogens is 757 g/mol. The molecule has 1 unspecified atom stereocenters. The Morgan fingerprint density at radius 3 is 2.49 bits per heavy atom. The molecule has 1 atom stereocenters. The predicted molar refractivity (Wildman–Crippen MR) is 220 cm³/mol. The van der Waals surface area contributed by atoms with E-state index < -0.39 is 17.9 Å². The van der Waals surface area contributed by atoms with Crippen LogP contribution in [-0.2, 0) is 52.8 Å². The normalized spacial score (nSPS) is 15.7. The average molecular weight is 811 g/mol. The number of amides is 5. The molecule has 2 aromatic heterocycles. The highest BCUT2D eigenvalue weighted by Gasteiger charge is 2.40. The Hall–Kier alpha value is -6.03. The SMILES string of the molecule is COc1cc(-c2cn(C)c(=O)c3c2cnn3C)cc(OCC(C)(C)CC(C)(C)CNC(=O)CCc2cccc3c2CN(C2CCC(=O)NC2=O)C3=O)c1CNCC(N)=O. The first-order valence-electron chi connectivity index (χ1n) is 19.7. The van der Waals surface area contributed by atoms with E-state index in [1.165, 1.54) is 9.47 Å². The first-order chi connectivity index (χ1) is 27.9. The minimum atomic E-state index is -0.702. The monoisotopic (exact) mass is 810 g/mol. The molecule has 59 heavy (non-hydrogen) atoms. The fourth-order valence-corrected chi connectivity index (χ4v) is 8.42. The highest BCUT2D eigenvalue weighted by molar-refractivity contribution is 6.05. The highest BCUT2D eigenvalue weighted by Crippen LogP contribution is 2.40. The molecule has 0 aliphatic carbocycles. The van der Waals surface area contributed by atoms with Crippen LogP contribution in [0.25, 0.3) is 22.0 Å². The van der Waals surface area contributed by atoms with Gasteiger partial charge < -0.3 is 35.3 Å². The maximum atomic E-state index is 13.3. The Balaban J connectivity index is 1.11. The number of aromatic nitrogens is 3. The molecule has 16 nitrogen and oxygen atoms in total. The van der Waals surface area contributed by atoms with Crippen molar-refractivity contribution in [2.75, 3.05) is 26.8 Å². The van der Waals surface area contributed by atoms with Crippen molar-refractivity contribution in [3.63, 3.8) is 0 Å². The van der Waals surface area contributed by atoms with Gasteiger partial charge in [0.05, 0.1) is 26.5 Å². The summed E-state index contributed by atoms with van der Waals surface area (Å²) in [6.07, 6.45) is 5.23. The van der Waals surface area contributed by atoms with Gasteiger partial charge in [0.15, 0.2) is 0 Å². The van der Waals surface area contributed by atoms with Gasteiger partial charge in [0.2, 0.25) is 23.6 Å². The van der Waals surface area contributed by atoms with Crippen molar-refractivity contribution in [2.24, 2.45) is 30.7 Å². The van der Waals surface area contributed by atoms with Crippen LogP contribution in [-0.4, -0.2) is 81.6 Å². The second-order valence-corrected chi connectivity index (χ2v) is 17.1. The third-order valence-electron chi connectivity index (χ3n) is 11.0. The molecule has 0 saturated carbocycles. The third kappa shape index (κ3) is 9.48. The number of carbonyl (C=O) groups is 5. The zero-order valence-corrected chi connectivity index (χ0v) is 34.8. The lowest BCUT2D eigenvalue weighted by molar-refractivity contribution is -0.137. The number of hydrogen-bond acceptors (Lipinski definition) is 10. The number of carbonyl (C=O) groups excluding carboxylic acids is 5. The fourth-order valence-electron chi connectivity index (χ4n) is 8.42. The molecule has 6 rings (SSSR count). The van der Waals surface area contributed by atoms with E-state index in [0.717, 1.165) is 22.3 Å². The molecule has 4 heterocycles. The number of rotatable bonds is 17. The van der Waals surface area contributed by atoms with Crippen LogP contribution >= 0.6 is 0 Å². The number of benzene rings is 2. The van der Waals surface area contributed by atoms with Crippen molar-refractivity contribution in [2.45, 2.75) is 78.9 Å². The molecule has 0 radical (unpaired) electrons. The minimum Gasteiger partial charge on any atom is -0.496 e. The summed E-state index contributed by atoms with van der Waals surface area (Å²) in [6.45, 7) is 9.58. The Morgan fingerprint density at radius 2 is 1.78 bits per heavy atom. The lowest BCUT2D eigenvalue weighted by atomic mass is 9.75. The number of nitrogens with one attached hydrogen (secondary N) is 3. The molecule has 16 heteroatoms. The number of piperidine rings is 1. The topological polar surface area (TPSA) is 209 Å². The highest BCUT2D eigenvalue weighted by atomic mass is 16.5. The first-order valence-corrected chi connectivity index (χ1v) is 19.7. The molecule has 1 saturated heterocycles. The van der Waals surface area contributed by atoms with Gasteiger partial charge in [0, 0.05) is 74.8 Å². The van der Waals surface area contributed by atoms with Crippen LogP contribution in [0.2, 0.25) is 0 Å². The summed E-state index contributed by atoms with van der Waals surface area (Å²) < 4.78 is 15.5. The van der Waals surface area contributed by atoms with E-state index in [1.807, 2.05) is 18.2 Å². The lowest BCUT2D eigenvalue weighted by Crippen LogP contribution is -2.52. The number of primary amides is 1. The first kappa shape index (κ1) is 42.6. The maximum Gasteiger partial charge on any atom is 0.276 e. The van der Waals surface area contributed by atoms with Gasteiger partial charge in [-0.25, -0.2) is 0 Å². The van der Waals surface area contributed by atoms with Crippen molar-refractivity contribution in [3.8, 4) is 22.6 Å². The summed E-state index contributed by atoms with van der Waals surface area (Å²) in [4.78, 5) is 76.7. The molecular formula is C43H54N8O8. The van der Waals surface area contributed by atoms with Gasteiger partial charge in [-0.15, -0.1) is 0 Å². The van der Waals surface area contributed by atoms with E-state index >= 15 is 0 Å². The molecule has 1 fully saturated rings. The van der Waals surface area contributed by atoms with Crippen molar-refractivity contribution >= 4 is 40.4 Å². The molecule has 4 aromatic rings. The Labute approximate surface area is 342 Å². The van der Waals surface area contributed by atoms with Crippen molar-refractivity contribution in [1.29, 1.82) is 0 Å². The van der Waals surface area contributed by atoms with Crippen LogP contribution in [0.15, 0.2) is 47.5 Å².